The lowest BCUT2D eigenvalue weighted by molar-refractivity contribution is -0.126. The van der Waals surface area contributed by atoms with Crippen molar-refractivity contribution in [2.45, 2.75) is 38.9 Å². The number of carbonyl (C=O) groups excluding carboxylic acids is 2. The molecule has 2 saturated heterocycles. The summed E-state index contributed by atoms with van der Waals surface area (Å²) in [7, 11) is 0. The second kappa shape index (κ2) is 10.1. The highest BCUT2D eigenvalue weighted by Gasteiger charge is 2.36. The van der Waals surface area contributed by atoms with Gasteiger partial charge in [0.15, 0.2) is 5.75 Å². The molecule has 4 aliphatic heterocycles. The Morgan fingerprint density at radius 1 is 1.19 bits per heavy atom. The third-order valence-corrected chi connectivity index (χ3v) is 9.40. The number of aromatic nitrogens is 2. The van der Waals surface area contributed by atoms with E-state index in [0.717, 1.165) is 41.6 Å². The first kappa shape index (κ1) is 27.0. The van der Waals surface area contributed by atoms with Gasteiger partial charge in [-0.15, -0.1) is 0 Å². The van der Waals surface area contributed by atoms with Gasteiger partial charge in [0.25, 0.3) is 5.91 Å². The number of amides is 2. The Bertz CT molecular complexity index is 1730. The van der Waals surface area contributed by atoms with Gasteiger partial charge in [0.2, 0.25) is 5.91 Å². The van der Waals surface area contributed by atoms with Crippen LogP contribution in [0.5, 0.6) is 5.75 Å². The van der Waals surface area contributed by atoms with Crippen LogP contribution < -0.4 is 20.6 Å². The minimum absolute atomic E-state index is 0.0976. The molecule has 0 radical (unpaired) electrons. The molecule has 2 atom stereocenters. The maximum Gasteiger partial charge on any atom is 0.350 e. The first-order valence-corrected chi connectivity index (χ1v) is 14.9. The van der Waals surface area contributed by atoms with Crippen LogP contribution in [0.4, 0.5) is 5.82 Å². The molecular weight excluding hydrogens is 556 g/mol. The predicted octanol–water partition coefficient (Wildman–Crippen LogP) is 3.13. The van der Waals surface area contributed by atoms with Crippen LogP contribution >= 0.6 is 11.6 Å². The number of aryl methyl sites for hydroxylation is 1. The van der Waals surface area contributed by atoms with Gasteiger partial charge in [-0.05, 0) is 56.6 Å². The number of fused-ring (bicyclic) bond motifs is 1. The van der Waals surface area contributed by atoms with Crippen molar-refractivity contribution < 1.29 is 14.3 Å². The summed E-state index contributed by atoms with van der Waals surface area (Å²) in [5, 5.41) is 4.08. The third-order valence-electron chi connectivity index (χ3n) is 9.10. The maximum atomic E-state index is 14.0. The van der Waals surface area contributed by atoms with E-state index < -0.39 is 0 Å². The molecular formula is C31H33ClN6O4. The molecule has 1 unspecified atom stereocenters. The van der Waals surface area contributed by atoms with Crippen LogP contribution in [0.2, 0.25) is 5.02 Å². The van der Waals surface area contributed by atoms with E-state index >= 15 is 0 Å². The molecule has 3 aromatic rings. The Hall–Kier alpha value is -3.89. The Morgan fingerprint density at radius 2 is 2.00 bits per heavy atom. The van der Waals surface area contributed by atoms with Crippen molar-refractivity contribution in [3.05, 3.63) is 63.1 Å². The van der Waals surface area contributed by atoms with Gasteiger partial charge in [0, 0.05) is 55.3 Å². The van der Waals surface area contributed by atoms with E-state index in [1.165, 1.54) is 6.08 Å². The van der Waals surface area contributed by atoms with Crippen molar-refractivity contribution in [2.24, 2.45) is 0 Å². The minimum Gasteiger partial charge on any atom is -0.488 e. The fourth-order valence-corrected chi connectivity index (χ4v) is 7.14. The monoisotopic (exact) mass is 588 g/mol. The molecule has 4 aliphatic rings. The number of likely N-dealkylation sites (tertiary alicyclic amines) is 1. The number of hydrogen-bond acceptors (Lipinski definition) is 7. The molecule has 0 saturated carbocycles. The lowest BCUT2D eigenvalue weighted by Crippen LogP contribution is -2.54. The highest BCUT2D eigenvalue weighted by molar-refractivity contribution is 6.35. The fourth-order valence-electron chi connectivity index (χ4n) is 6.85. The fraction of sp³-hybridized carbons (Fsp3) is 0.419. The summed E-state index contributed by atoms with van der Waals surface area (Å²) in [5.74, 6) is 0.769. The van der Waals surface area contributed by atoms with Crippen LogP contribution in [-0.4, -0.2) is 83.1 Å². The third kappa shape index (κ3) is 4.11. The van der Waals surface area contributed by atoms with Crippen LogP contribution in [0.3, 0.4) is 0 Å². The van der Waals surface area contributed by atoms with E-state index in [1.807, 2.05) is 32.0 Å². The van der Waals surface area contributed by atoms with E-state index in [4.69, 9.17) is 16.3 Å². The first-order chi connectivity index (χ1) is 20.3. The SMILES string of the molecule is C=CC(=O)N1CCN(c2nc(=O)n3c4c(c(-c5c(C)ccc6c5C(=O)NC6)c(Cl)cc24)OCC3CN2CCC2)[C@@H](C)C1. The average Bonchev–Trinajstić information content (AvgIpc) is 3.33. The smallest absolute Gasteiger partial charge is 0.350 e. The normalized spacial score (nSPS) is 21.5. The molecule has 5 heterocycles. The summed E-state index contributed by atoms with van der Waals surface area (Å²) >= 11 is 7.12. The number of rotatable bonds is 5. The zero-order chi connectivity index (χ0) is 29.3. The van der Waals surface area contributed by atoms with E-state index in [0.29, 0.717) is 72.6 Å². The van der Waals surface area contributed by atoms with Gasteiger partial charge in [-0.25, -0.2) is 4.79 Å². The molecule has 2 aromatic carbocycles. The molecule has 0 bridgehead atoms. The summed E-state index contributed by atoms with van der Waals surface area (Å²) in [5.41, 5.74) is 4.06. The average molecular weight is 589 g/mol. The molecule has 10 nitrogen and oxygen atoms in total. The zero-order valence-corrected chi connectivity index (χ0v) is 24.5. The second-order valence-electron chi connectivity index (χ2n) is 11.7. The largest absolute Gasteiger partial charge is 0.488 e. The zero-order valence-electron chi connectivity index (χ0n) is 23.8. The number of hydrogen-bond donors (Lipinski definition) is 1. The highest BCUT2D eigenvalue weighted by atomic mass is 35.5. The topological polar surface area (TPSA) is 100 Å². The van der Waals surface area contributed by atoms with E-state index in [-0.39, 0.29) is 29.6 Å². The summed E-state index contributed by atoms with van der Waals surface area (Å²) in [6.45, 7) is 12.5. The van der Waals surface area contributed by atoms with Gasteiger partial charge < -0.3 is 24.8 Å². The number of nitrogens with one attached hydrogen (secondary N) is 1. The number of halogens is 1. The molecule has 0 spiro atoms. The summed E-state index contributed by atoms with van der Waals surface area (Å²) in [6, 6.07) is 5.51. The van der Waals surface area contributed by atoms with E-state index in [9.17, 15) is 14.4 Å². The molecule has 2 fully saturated rings. The Morgan fingerprint density at radius 3 is 2.71 bits per heavy atom. The number of piperazine rings is 1. The van der Waals surface area contributed by atoms with Crippen molar-refractivity contribution in [3.63, 3.8) is 0 Å². The quantitative estimate of drug-likeness (QED) is 0.457. The van der Waals surface area contributed by atoms with Crippen molar-refractivity contribution in [1.82, 2.24) is 24.7 Å². The molecule has 7 rings (SSSR count). The Labute approximate surface area is 248 Å². The molecule has 218 valence electrons. The number of ether oxygens (including phenoxy) is 1. The van der Waals surface area contributed by atoms with Gasteiger partial charge in [-0.3, -0.25) is 14.2 Å². The number of anilines is 1. The van der Waals surface area contributed by atoms with E-state index in [2.05, 4.69) is 26.7 Å². The van der Waals surface area contributed by atoms with Gasteiger partial charge in [0.1, 0.15) is 12.4 Å². The molecule has 42 heavy (non-hydrogen) atoms. The van der Waals surface area contributed by atoms with Gasteiger partial charge in [-0.1, -0.05) is 30.3 Å². The van der Waals surface area contributed by atoms with Gasteiger partial charge in [0.05, 0.1) is 22.1 Å². The lowest BCUT2D eigenvalue weighted by Gasteiger charge is -2.41. The standard InChI is InChI=1S/C31H33ClN6O4/c1-4-23(39)36-10-11-37(18(3)14-36)29-21-12-22(32)26(24-17(2)6-7-19-13-33-30(40)25(19)24)28-27(21)38(31(41)34-29)20(16-42-28)15-35-8-5-9-35/h4,6-7,12,18,20H,1,5,8-11,13-16H2,2-3H3,(H,33,40)/t18-,20?/m0/s1. The second-order valence-corrected chi connectivity index (χ2v) is 12.1. The van der Waals surface area contributed by atoms with Crippen molar-refractivity contribution >= 4 is 40.1 Å². The first-order valence-electron chi connectivity index (χ1n) is 14.5. The lowest BCUT2D eigenvalue weighted by atomic mass is 9.90. The Balaban J connectivity index is 1.46. The van der Waals surface area contributed by atoms with Crippen molar-refractivity contribution in [3.8, 4) is 16.9 Å². The molecule has 0 aliphatic carbocycles. The van der Waals surface area contributed by atoms with Crippen LogP contribution in [0.25, 0.3) is 22.0 Å². The van der Waals surface area contributed by atoms with Crippen LogP contribution in [0, 0.1) is 6.92 Å². The molecule has 1 aromatic heterocycles. The number of nitrogens with zero attached hydrogens (tertiary/aromatic N) is 5. The van der Waals surface area contributed by atoms with Gasteiger partial charge >= 0.3 is 5.69 Å². The van der Waals surface area contributed by atoms with Crippen molar-refractivity contribution in [1.29, 1.82) is 0 Å². The summed E-state index contributed by atoms with van der Waals surface area (Å²) in [4.78, 5) is 50.1. The summed E-state index contributed by atoms with van der Waals surface area (Å²) in [6.07, 6.45) is 2.47. The van der Waals surface area contributed by atoms with Crippen LogP contribution in [0.15, 0.2) is 35.6 Å². The minimum atomic E-state index is -0.342. The van der Waals surface area contributed by atoms with Crippen molar-refractivity contribution in [2.75, 3.05) is 50.8 Å². The molecule has 1 N–H and O–H groups in total. The van der Waals surface area contributed by atoms with Gasteiger partial charge in [-0.2, -0.15) is 4.98 Å². The Kier molecular flexibility index (Phi) is 6.51. The molecule has 2 amide bonds. The van der Waals surface area contributed by atoms with Crippen LogP contribution in [0.1, 0.15) is 40.9 Å². The number of carbonyl (C=O) groups is 2. The van der Waals surface area contributed by atoms with E-state index in [1.54, 1.807) is 9.47 Å². The summed E-state index contributed by atoms with van der Waals surface area (Å²) < 4.78 is 8.34. The number of benzene rings is 2. The van der Waals surface area contributed by atoms with Crippen LogP contribution in [-0.2, 0) is 11.3 Å². The predicted molar refractivity (Wildman–Crippen MR) is 162 cm³/mol. The highest BCUT2D eigenvalue weighted by Crippen LogP contribution is 2.49. The maximum absolute atomic E-state index is 14.0. The molecule has 11 heteroatoms.